The van der Waals surface area contributed by atoms with Crippen LogP contribution in [0.15, 0.2) is 11.3 Å². The molecule has 2 heteroatoms. The van der Waals surface area contributed by atoms with Gasteiger partial charge in [0.2, 0.25) is 0 Å². The van der Waals surface area contributed by atoms with Crippen LogP contribution < -0.4 is 5.48 Å². The number of nitrogens with one attached hydrogen (secondary N) is 1. The first-order chi connectivity index (χ1) is 4.84. The highest BCUT2D eigenvalue weighted by Gasteiger charge is 2.07. The highest BCUT2D eigenvalue weighted by Crippen LogP contribution is 2.24. The molecule has 1 aliphatic rings. The quantitative estimate of drug-likeness (QED) is 0.549. The third-order valence-corrected chi connectivity index (χ3v) is 2.16. The second kappa shape index (κ2) is 3.62. The van der Waals surface area contributed by atoms with E-state index in [1.807, 2.05) is 6.92 Å². The molecule has 0 heterocycles. The van der Waals surface area contributed by atoms with Crippen LogP contribution in [0.3, 0.4) is 0 Å². The van der Waals surface area contributed by atoms with Crippen LogP contribution in [0.25, 0.3) is 0 Å². The highest BCUT2D eigenvalue weighted by atomic mass is 16.5. The molecule has 58 valence electrons. The highest BCUT2D eigenvalue weighted by molar-refractivity contribution is 5.10. The summed E-state index contributed by atoms with van der Waals surface area (Å²) < 4.78 is 0. The van der Waals surface area contributed by atoms with E-state index in [2.05, 4.69) is 5.48 Å². The Morgan fingerprint density at radius 2 is 1.90 bits per heavy atom. The topological polar surface area (TPSA) is 32.3 Å². The molecule has 2 nitrogen and oxygen atoms in total. The molecule has 0 aromatic rings. The molecule has 0 radical (unpaired) electrons. The number of rotatable bonds is 1. The molecule has 0 aromatic heterocycles. The number of hydrogen-bond donors (Lipinski definition) is 2. The first-order valence-corrected chi connectivity index (χ1v) is 3.93. The summed E-state index contributed by atoms with van der Waals surface area (Å²) >= 11 is 0. The molecule has 1 aliphatic carbocycles. The standard InChI is InChI=1S/C8H15NO/c1-7(9-10)8-5-3-2-4-6-8/h9-10H,2-6H2,1H3. The normalized spacial score (nSPS) is 18.8. The molecule has 1 fully saturated rings. The predicted molar refractivity (Wildman–Crippen MR) is 40.7 cm³/mol. The zero-order valence-electron chi connectivity index (χ0n) is 6.48. The monoisotopic (exact) mass is 141 g/mol. The molecule has 0 aliphatic heterocycles. The molecule has 10 heavy (non-hydrogen) atoms. The van der Waals surface area contributed by atoms with E-state index >= 15 is 0 Å². The average Bonchev–Trinajstić information content (AvgIpc) is 2.05. The fraction of sp³-hybridized carbons (Fsp3) is 0.750. The van der Waals surface area contributed by atoms with Crippen molar-refractivity contribution in [2.24, 2.45) is 0 Å². The second-order valence-corrected chi connectivity index (χ2v) is 2.90. The Morgan fingerprint density at radius 1 is 1.30 bits per heavy atom. The van der Waals surface area contributed by atoms with Crippen LogP contribution in [0.4, 0.5) is 0 Å². The molecule has 0 saturated heterocycles. The molecule has 0 atom stereocenters. The maximum atomic E-state index is 8.58. The summed E-state index contributed by atoms with van der Waals surface area (Å²) in [7, 11) is 0. The molecular formula is C8H15NO. The fourth-order valence-corrected chi connectivity index (χ4v) is 1.43. The van der Waals surface area contributed by atoms with E-state index in [4.69, 9.17) is 5.21 Å². The molecule has 0 unspecified atom stereocenters. The molecule has 0 amide bonds. The van der Waals surface area contributed by atoms with Gasteiger partial charge in [-0.15, -0.1) is 0 Å². The van der Waals surface area contributed by atoms with Gasteiger partial charge in [0.25, 0.3) is 0 Å². The Bertz CT molecular complexity index is 132. The molecular weight excluding hydrogens is 126 g/mol. The van der Waals surface area contributed by atoms with Crippen molar-refractivity contribution in [1.29, 1.82) is 0 Å². The van der Waals surface area contributed by atoms with Gasteiger partial charge in [0.15, 0.2) is 0 Å². The molecule has 0 bridgehead atoms. The molecule has 2 N–H and O–H groups in total. The van der Waals surface area contributed by atoms with Gasteiger partial charge in [-0.2, -0.15) is 0 Å². The van der Waals surface area contributed by atoms with Crippen molar-refractivity contribution in [1.82, 2.24) is 5.48 Å². The molecule has 0 spiro atoms. The Kier molecular flexibility index (Phi) is 2.75. The minimum absolute atomic E-state index is 0.958. The minimum atomic E-state index is 0.958. The second-order valence-electron chi connectivity index (χ2n) is 2.90. The Morgan fingerprint density at radius 3 is 2.40 bits per heavy atom. The Balaban J connectivity index is 2.51. The smallest absolute Gasteiger partial charge is 0.0337 e. The van der Waals surface area contributed by atoms with E-state index in [0.717, 1.165) is 5.70 Å². The summed E-state index contributed by atoms with van der Waals surface area (Å²) in [6, 6.07) is 0. The van der Waals surface area contributed by atoms with Crippen LogP contribution in [0.5, 0.6) is 0 Å². The predicted octanol–water partition coefficient (Wildman–Crippen LogP) is 2.20. The van der Waals surface area contributed by atoms with Crippen molar-refractivity contribution in [2.75, 3.05) is 0 Å². The largest absolute Gasteiger partial charge is 0.291 e. The lowest BCUT2D eigenvalue weighted by Gasteiger charge is -2.15. The number of hydrogen-bond acceptors (Lipinski definition) is 2. The van der Waals surface area contributed by atoms with Crippen molar-refractivity contribution in [3.05, 3.63) is 11.3 Å². The van der Waals surface area contributed by atoms with E-state index in [9.17, 15) is 0 Å². The van der Waals surface area contributed by atoms with E-state index in [-0.39, 0.29) is 0 Å². The lowest BCUT2D eigenvalue weighted by molar-refractivity contribution is 0.198. The van der Waals surface area contributed by atoms with Crippen molar-refractivity contribution >= 4 is 0 Å². The zero-order chi connectivity index (χ0) is 7.40. The lowest BCUT2D eigenvalue weighted by atomic mass is 9.94. The van der Waals surface area contributed by atoms with Gasteiger partial charge in [-0.05, 0) is 38.2 Å². The van der Waals surface area contributed by atoms with Gasteiger partial charge >= 0.3 is 0 Å². The van der Waals surface area contributed by atoms with Crippen LogP contribution in [0.2, 0.25) is 0 Å². The Hall–Kier alpha value is -0.500. The van der Waals surface area contributed by atoms with Crippen molar-refractivity contribution < 1.29 is 5.21 Å². The number of allylic oxidation sites excluding steroid dienone is 2. The molecule has 1 saturated carbocycles. The van der Waals surface area contributed by atoms with Gasteiger partial charge in [0.05, 0.1) is 0 Å². The van der Waals surface area contributed by atoms with E-state index in [1.165, 1.54) is 37.7 Å². The molecule has 0 aromatic carbocycles. The van der Waals surface area contributed by atoms with Crippen molar-refractivity contribution in [2.45, 2.75) is 39.0 Å². The van der Waals surface area contributed by atoms with Crippen LogP contribution in [0.1, 0.15) is 39.0 Å². The SMILES string of the molecule is CC(NO)=C1CCCCC1. The van der Waals surface area contributed by atoms with E-state index in [0.29, 0.717) is 0 Å². The maximum Gasteiger partial charge on any atom is 0.0337 e. The van der Waals surface area contributed by atoms with Crippen LogP contribution in [0, 0.1) is 0 Å². The third-order valence-electron chi connectivity index (χ3n) is 2.16. The summed E-state index contributed by atoms with van der Waals surface area (Å²) in [4.78, 5) is 0. The van der Waals surface area contributed by atoms with Gasteiger partial charge in [-0.1, -0.05) is 6.42 Å². The summed E-state index contributed by atoms with van der Waals surface area (Å²) in [5.74, 6) is 0. The Labute approximate surface area is 61.9 Å². The van der Waals surface area contributed by atoms with Gasteiger partial charge in [-0.3, -0.25) is 10.7 Å². The summed E-state index contributed by atoms with van der Waals surface area (Å²) in [6.45, 7) is 1.93. The number of hydroxylamine groups is 1. The first kappa shape index (κ1) is 7.61. The van der Waals surface area contributed by atoms with Crippen LogP contribution in [-0.4, -0.2) is 5.21 Å². The average molecular weight is 141 g/mol. The van der Waals surface area contributed by atoms with E-state index < -0.39 is 0 Å². The first-order valence-electron chi connectivity index (χ1n) is 3.93. The third kappa shape index (κ3) is 1.74. The van der Waals surface area contributed by atoms with Crippen molar-refractivity contribution in [3.63, 3.8) is 0 Å². The molecule has 1 rings (SSSR count). The maximum absolute atomic E-state index is 8.58. The van der Waals surface area contributed by atoms with Crippen LogP contribution in [-0.2, 0) is 0 Å². The van der Waals surface area contributed by atoms with Crippen molar-refractivity contribution in [3.8, 4) is 0 Å². The van der Waals surface area contributed by atoms with Gasteiger partial charge < -0.3 is 0 Å². The summed E-state index contributed by atoms with van der Waals surface area (Å²) in [5, 5.41) is 8.58. The summed E-state index contributed by atoms with van der Waals surface area (Å²) in [5.41, 5.74) is 4.57. The summed E-state index contributed by atoms with van der Waals surface area (Å²) in [6.07, 6.45) is 6.25. The van der Waals surface area contributed by atoms with Gasteiger partial charge in [-0.25, -0.2) is 0 Å². The van der Waals surface area contributed by atoms with Crippen LogP contribution >= 0.6 is 0 Å². The zero-order valence-corrected chi connectivity index (χ0v) is 6.48. The lowest BCUT2D eigenvalue weighted by Crippen LogP contribution is -2.08. The minimum Gasteiger partial charge on any atom is -0.291 e. The van der Waals surface area contributed by atoms with Gasteiger partial charge in [0, 0.05) is 5.70 Å². The van der Waals surface area contributed by atoms with E-state index in [1.54, 1.807) is 0 Å². The fourth-order valence-electron chi connectivity index (χ4n) is 1.43. The van der Waals surface area contributed by atoms with Gasteiger partial charge in [0.1, 0.15) is 0 Å².